The lowest BCUT2D eigenvalue weighted by molar-refractivity contribution is 0.953. The van der Waals surface area contributed by atoms with Gasteiger partial charge in [0.2, 0.25) is 0 Å². The minimum atomic E-state index is 1.03. The highest BCUT2D eigenvalue weighted by molar-refractivity contribution is 14.1. The molecule has 0 aliphatic carbocycles. The Bertz CT molecular complexity index is 166. The van der Waals surface area contributed by atoms with Gasteiger partial charge in [-0.15, -0.1) is 0 Å². The van der Waals surface area contributed by atoms with E-state index >= 15 is 0 Å². The summed E-state index contributed by atoms with van der Waals surface area (Å²) < 4.78 is 1.22. The quantitative estimate of drug-likeness (QED) is 0.294. The zero-order valence-electron chi connectivity index (χ0n) is 7.72. The van der Waals surface area contributed by atoms with Crippen LogP contribution in [0.15, 0.2) is 36.5 Å². The molecule has 0 bridgehead atoms. The lowest BCUT2D eigenvalue weighted by Gasteiger charge is -1.95. The van der Waals surface area contributed by atoms with Crippen molar-refractivity contribution in [2.75, 3.05) is 4.43 Å². The summed E-state index contributed by atoms with van der Waals surface area (Å²) in [5.74, 6) is 0. The Labute approximate surface area is 89.6 Å². The maximum Gasteiger partial charge on any atom is -0.000157 e. The summed E-state index contributed by atoms with van der Waals surface area (Å²) in [7, 11) is 0. The topological polar surface area (TPSA) is 0 Å². The van der Waals surface area contributed by atoms with E-state index in [9.17, 15) is 0 Å². The van der Waals surface area contributed by atoms with Crippen LogP contribution in [0.5, 0.6) is 0 Å². The van der Waals surface area contributed by atoms with Crippen molar-refractivity contribution in [1.82, 2.24) is 0 Å². The number of halogens is 1. The van der Waals surface area contributed by atoms with E-state index in [0.29, 0.717) is 0 Å². The normalized spacial score (nSPS) is 11.5. The SMILES string of the molecule is C=C(/C=C\C/C=C\C)CCCI. The monoisotopic (exact) mass is 276 g/mol. The fourth-order valence-electron chi connectivity index (χ4n) is 0.827. The molecular weight excluding hydrogens is 259 g/mol. The van der Waals surface area contributed by atoms with E-state index in [1.54, 1.807) is 0 Å². The molecule has 12 heavy (non-hydrogen) atoms. The second kappa shape index (κ2) is 9.04. The maximum absolute atomic E-state index is 3.98. The molecule has 1 heteroatoms. The number of hydrogen-bond donors (Lipinski definition) is 0. The standard InChI is InChI=1S/C11H17I/c1-3-4-5-6-8-11(2)9-7-10-12/h3-4,6,8H,2,5,7,9-10H2,1H3/b4-3-,8-6-. The van der Waals surface area contributed by atoms with Crippen LogP contribution < -0.4 is 0 Å². The van der Waals surface area contributed by atoms with Gasteiger partial charge >= 0.3 is 0 Å². The Hall–Kier alpha value is -0.0500. The summed E-state index contributed by atoms with van der Waals surface area (Å²) in [6.07, 6.45) is 11.9. The third kappa shape index (κ3) is 8.05. The molecule has 0 rings (SSSR count). The second-order valence-electron chi connectivity index (χ2n) is 2.66. The van der Waals surface area contributed by atoms with Crippen molar-refractivity contribution >= 4 is 22.6 Å². The van der Waals surface area contributed by atoms with Crippen molar-refractivity contribution in [1.29, 1.82) is 0 Å². The summed E-state index contributed by atoms with van der Waals surface area (Å²) in [5, 5.41) is 0. The van der Waals surface area contributed by atoms with Gasteiger partial charge < -0.3 is 0 Å². The van der Waals surface area contributed by atoms with Crippen molar-refractivity contribution in [3.05, 3.63) is 36.5 Å². The fourth-order valence-corrected chi connectivity index (χ4v) is 1.21. The first-order valence-corrected chi connectivity index (χ1v) is 5.85. The third-order valence-corrected chi connectivity index (χ3v) is 2.26. The van der Waals surface area contributed by atoms with E-state index in [4.69, 9.17) is 0 Å². The van der Waals surface area contributed by atoms with Gasteiger partial charge in [-0.1, -0.05) is 59.0 Å². The lowest BCUT2D eigenvalue weighted by atomic mass is 10.1. The zero-order valence-corrected chi connectivity index (χ0v) is 9.88. The molecule has 0 N–H and O–H groups in total. The molecule has 0 aromatic heterocycles. The van der Waals surface area contributed by atoms with Gasteiger partial charge in [0.15, 0.2) is 0 Å². The molecule has 0 radical (unpaired) electrons. The van der Waals surface area contributed by atoms with E-state index < -0.39 is 0 Å². The molecule has 0 nitrogen and oxygen atoms in total. The van der Waals surface area contributed by atoms with E-state index in [-0.39, 0.29) is 0 Å². The van der Waals surface area contributed by atoms with Crippen molar-refractivity contribution in [3.8, 4) is 0 Å². The minimum absolute atomic E-state index is 1.03. The number of hydrogen-bond acceptors (Lipinski definition) is 0. The van der Waals surface area contributed by atoms with E-state index in [1.807, 2.05) is 6.92 Å². The second-order valence-corrected chi connectivity index (χ2v) is 3.74. The number of allylic oxidation sites excluding steroid dienone is 5. The highest BCUT2D eigenvalue weighted by Gasteiger charge is 1.86. The number of alkyl halides is 1. The van der Waals surface area contributed by atoms with Gasteiger partial charge in [0.1, 0.15) is 0 Å². The summed E-state index contributed by atoms with van der Waals surface area (Å²) in [6.45, 7) is 6.02. The van der Waals surface area contributed by atoms with Crippen LogP contribution in [0.25, 0.3) is 0 Å². The summed E-state index contributed by atoms with van der Waals surface area (Å²) in [5.41, 5.74) is 1.25. The van der Waals surface area contributed by atoms with Crippen LogP contribution in [0, 0.1) is 0 Å². The van der Waals surface area contributed by atoms with Crippen LogP contribution >= 0.6 is 22.6 Å². The molecule has 0 saturated heterocycles. The van der Waals surface area contributed by atoms with Crippen LogP contribution in [-0.4, -0.2) is 4.43 Å². The molecule has 0 saturated carbocycles. The molecular formula is C11H17I. The Morgan fingerprint density at radius 1 is 1.42 bits per heavy atom. The number of rotatable bonds is 6. The van der Waals surface area contributed by atoms with E-state index in [0.717, 1.165) is 12.8 Å². The van der Waals surface area contributed by atoms with E-state index in [1.165, 1.54) is 16.4 Å². The molecule has 0 fully saturated rings. The smallest absolute Gasteiger partial charge is 0.000157 e. The molecule has 0 aromatic rings. The van der Waals surface area contributed by atoms with Crippen LogP contribution in [0.1, 0.15) is 26.2 Å². The Morgan fingerprint density at radius 3 is 2.75 bits per heavy atom. The minimum Gasteiger partial charge on any atom is -0.0958 e. The molecule has 0 aromatic carbocycles. The zero-order chi connectivity index (χ0) is 9.23. The molecule has 0 aliphatic rings. The molecule has 0 atom stereocenters. The van der Waals surface area contributed by atoms with E-state index in [2.05, 4.69) is 53.5 Å². The first kappa shape index (κ1) is 11.9. The molecule has 0 heterocycles. The highest BCUT2D eigenvalue weighted by Crippen LogP contribution is 2.06. The first-order chi connectivity index (χ1) is 5.81. The predicted molar refractivity (Wildman–Crippen MR) is 65.8 cm³/mol. The van der Waals surface area contributed by atoms with Crippen molar-refractivity contribution in [2.24, 2.45) is 0 Å². The Morgan fingerprint density at radius 2 is 2.17 bits per heavy atom. The molecule has 0 amide bonds. The highest BCUT2D eigenvalue weighted by atomic mass is 127. The lowest BCUT2D eigenvalue weighted by Crippen LogP contribution is -1.77. The van der Waals surface area contributed by atoms with Crippen LogP contribution in [-0.2, 0) is 0 Å². The van der Waals surface area contributed by atoms with Crippen molar-refractivity contribution in [2.45, 2.75) is 26.2 Å². The van der Waals surface area contributed by atoms with Crippen molar-refractivity contribution < 1.29 is 0 Å². The Kier molecular flexibility index (Phi) is 9.00. The van der Waals surface area contributed by atoms with Gasteiger partial charge in [0.05, 0.1) is 0 Å². The average Bonchev–Trinajstić information content (AvgIpc) is 2.09. The third-order valence-electron chi connectivity index (χ3n) is 1.49. The summed E-state index contributed by atoms with van der Waals surface area (Å²) in [6, 6.07) is 0. The average molecular weight is 276 g/mol. The Balaban J connectivity index is 3.46. The summed E-state index contributed by atoms with van der Waals surface area (Å²) >= 11 is 2.40. The largest absolute Gasteiger partial charge is 0.0958 e. The molecule has 0 aliphatic heterocycles. The molecule has 0 spiro atoms. The maximum atomic E-state index is 3.98. The van der Waals surface area contributed by atoms with Gasteiger partial charge in [-0.3, -0.25) is 0 Å². The van der Waals surface area contributed by atoms with Crippen LogP contribution in [0.2, 0.25) is 0 Å². The molecule has 0 unspecified atom stereocenters. The van der Waals surface area contributed by atoms with Gasteiger partial charge in [-0.05, 0) is 30.6 Å². The van der Waals surface area contributed by atoms with Crippen molar-refractivity contribution in [3.63, 3.8) is 0 Å². The first-order valence-electron chi connectivity index (χ1n) is 4.32. The summed E-state index contributed by atoms with van der Waals surface area (Å²) in [4.78, 5) is 0. The van der Waals surface area contributed by atoms with Gasteiger partial charge in [-0.25, -0.2) is 0 Å². The predicted octanol–water partition coefficient (Wildman–Crippen LogP) is 4.28. The van der Waals surface area contributed by atoms with Gasteiger partial charge in [-0.2, -0.15) is 0 Å². The van der Waals surface area contributed by atoms with Crippen LogP contribution in [0.4, 0.5) is 0 Å². The fraction of sp³-hybridized carbons (Fsp3) is 0.455. The molecule has 68 valence electrons. The van der Waals surface area contributed by atoms with Gasteiger partial charge in [0.25, 0.3) is 0 Å². The van der Waals surface area contributed by atoms with Gasteiger partial charge in [0, 0.05) is 0 Å². The van der Waals surface area contributed by atoms with Crippen LogP contribution in [0.3, 0.4) is 0 Å².